The molecule has 1 aromatic rings. The maximum atomic E-state index is 5.59. The molecule has 1 heterocycles. The second-order valence-corrected chi connectivity index (χ2v) is 2.69. The van der Waals surface area contributed by atoms with Crippen LogP contribution < -0.4 is 5.73 Å². The Labute approximate surface area is 68.6 Å². The summed E-state index contributed by atoms with van der Waals surface area (Å²) in [5, 5.41) is 0.776. The van der Waals surface area contributed by atoms with Crippen LogP contribution in [0.15, 0.2) is 12.3 Å². The topological polar surface area (TPSA) is 38.9 Å². The van der Waals surface area contributed by atoms with Crippen molar-refractivity contribution in [3.8, 4) is 0 Å². The van der Waals surface area contributed by atoms with Crippen molar-refractivity contribution in [2.24, 2.45) is 0 Å². The normalized spacial score (nSPS) is 9.80. The van der Waals surface area contributed by atoms with E-state index < -0.39 is 0 Å². The number of aromatic nitrogens is 1. The molecule has 0 saturated heterocycles. The number of hydrogen-bond acceptors (Lipinski definition) is 2. The Balaban J connectivity index is 3.17. The SMILES string of the molecule is Cc1ccnc(N)c1CBr. The first-order valence-electron chi connectivity index (χ1n) is 3.01. The maximum Gasteiger partial charge on any atom is 0.127 e. The lowest BCUT2D eigenvalue weighted by atomic mass is 10.2. The molecule has 0 aromatic carbocycles. The molecule has 54 valence electrons. The summed E-state index contributed by atoms with van der Waals surface area (Å²) in [4.78, 5) is 3.96. The number of nitrogens with two attached hydrogens (primary N) is 1. The van der Waals surface area contributed by atoms with Crippen LogP contribution in [0.5, 0.6) is 0 Å². The van der Waals surface area contributed by atoms with E-state index in [9.17, 15) is 0 Å². The van der Waals surface area contributed by atoms with Crippen LogP contribution in [-0.4, -0.2) is 4.98 Å². The van der Waals surface area contributed by atoms with Crippen molar-refractivity contribution >= 4 is 21.7 Å². The summed E-state index contributed by atoms with van der Waals surface area (Å²) in [6.45, 7) is 2.02. The number of halogens is 1. The van der Waals surface area contributed by atoms with Crippen molar-refractivity contribution in [3.05, 3.63) is 23.4 Å². The first-order valence-corrected chi connectivity index (χ1v) is 4.13. The average molecular weight is 201 g/mol. The molecule has 0 atom stereocenters. The molecule has 0 bridgehead atoms. The maximum absolute atomic E-state index is 5.59. The molecule has 1 rings (SSSR count). The summed E-state index contributed by atoms with van der Waals surface area (Å²) < 4.78 is 0. The van der Waals surface area contributed by atoms with E-state index in [1.165, 1.54) is 5.56 Å². The summed E-state index contributed by atoms with van der Waals surface area (Å²) in [6.07, 6.45) is 1.72. The highest BCUT2D eigenvalue weighted by atomic mass is 79.9. The third-order valence-electron chi connectivity index (χ3n) is 1.46. The van der Waals surface area contributed by atoms with Crippen LogP contribution in [-0.2, 0) is 5.33 Å². The molecule has 1 aromatic heterocycles. The first-order chi connectivity index (χ1) is 4.75. The van der Waals surface area contributed by atoms with Crippen LogP contribution in [0.2, 0.25) is 0 Å². The predicted molar refractivity (Wildman–Crippen MR) is 46.0 cm³/mol. The van der Waals surface area contributed by atoms with Gasteiger partial charge in [-0.2, -0.15) is 0 Å². The number of anilines is 1. The van der Waals surface area contributed by atoms with E-state index in [0.29, 0.717) is 5.82 Å². The van der Waals surface area contributed by atoms with Gasteiger partial charge in [-0.05, 0) is 18.6 Å². The Morgan fingerprint density at radius 3 is 2.80 bits per heavy atom. The second kappa shape index (κ2) is 3.01. The van der Waals surface area contributed by atoms with Gasteiger partial charge in [0.2, 0.25) is 0 Å². The van der Waals surface area contributed by atoms with Gasteiger partial charge in [0.15, 0.2) is 0 Å². The number of nitrogens with zero attached hydrogens (tertiary/aromatic N) is 1. The predicted octanol–water partition coefficient (Wildman–Crippen LogP) is 1.87. The van der Waals surface area contributed by atoms with E-state index in [0.717, 1.165) is 10.9 Å². The molecule has 0 spiro atoms. The lowest BCUT2D eigenvalue weighted by molar-refractivity contribution is 1.22. The van der Waals surface area contributed by atoms with Crippen molar-refractivity contribution < 1.29 is 0 Å². The molecule has 0 radical (unpaired) electrons. The van der Waals surface area contributed by atoms with E-state index in [4.69, 9.17) is 5.73 Å². The monoisotopic (exact) mass is 200 g/mol. The molecule has 0 fully saturated rings. The van der Waals surface area contributed by atoms with Gasteiger partial charge in [0.25, 0.3) is 0 Å². The van der Waals surface area contributed by atoms with Gasteiger partial charge in [0, 0.05) is 17.1 Å². The van der Waals surface area contributed by atoms with Crippen LogP contribution in [0.3, 0.4) is 0 Å². The van der Waals surface area contributed by atoms with E-state index in [-0.39, 0.29) is 0 Å². The Hall–Kier alpha value is -0.570. The minimum absolute atomic E-state index is 0.622. The number of pyridine rings is 1. The fourth-order valence-corrected chi connectivity index (χ4v) is 1.51. The molecule has 0 aliphatic carbocycles. The van der Waals surface area contributed by atoms with Crippen molar-refractivity contribution in [2.75, 3.05) is 5.73 Å². The molecule has 3 heteroatoms. The molecule has 2 N–H and O–H groups in total. The fourth-order valence-electron chi connectivity index (χ4n) is 0.784. The van der Waals surface area contributed by atoms with Gasteiger partial charge in [-0.3, -0.25) is 0 Å². The van der Waals surface area contributed by atoms with Crippen LogP contribution in [0.1, 0.15) is 11.1 Å². The summed E-state index contributed by atoms with van der Waals surface area (Å²) in [7, 11) is 0. The lowest BCUT2D eigenvalue weighted by Crippen LogP contribution is -1.97. The molecular formula is C7H9BrN2. The zero-order valence-corrected chi connectivity index (χ0v) is 7.35. The molecule has 0 saturated carbocycles. The van der Waals surface area contributed by atoms with Gasteiger partial charge in [-0.25, -0.2) is 4.98 Å². The number of nitrogen functional groups attached to an aromatic ring is 1. The zero-order chi connectivity index (χ0) is 7.56. The van der Waals surface area contributed by atoms with Crippen molar-refractivity contribution in [1.29, 1.82) is 0 Å². The average Bonchev–Trinajstić information content (AvgIpc) is 1.88. The Bertz CT molecular complexity index is 215. The third-order valence-corrected chi connectivity index (χ3v) is 2.02. The van der Waals surface area contributed by atoms with Gasteiger partial charge in [-0.15, -0.1) is 0 Å². The largest absolute Gasteiger partial charge is 0.383 e. The molecule has 0 unspecified atom stereocenters. The number of aryl methyl sites for hydroxylation is 1. The standard InChI is InChI=1S/C7H9BrN2/c1-5-2-3-10-7(9)6(5)4-8/h2-3H,4H2,1H3,(H2,9,10). The molecular weight excluding hydrogens is 192 g/mol. The van der Waals surface area contributed by atoms with Crippen LogP contribution in [0.25, 0.3) is 0 Å². The second-order valence-electron chi connectivity index (χ2n) is 2.13. The molecule has 2 nitrogen and oxygen atoms in total. The van der Waals surface area contributed by atoms with Gasteiger partial charge in [0.1, 0.15) is 5.82 Å². The van der Waals surface area contributed by atoms with E-state index in [2.05, 4.69) is 20.9 Å². The fraction of sp³-hybridized carbons (Fsp3) is 0.286. The summed E-state index contributed by atoms with van der Waals surface area (Å²) in [6, 6.07) is 1.95. The molecule has 10 heavy (non-hydrogen) atoms. The number of hydrogen-bond donors (Lipinski definition) is 1. The third kappa shape index (κ3) is 1.29. The number of alkyl halides is 1. The highest BCUT2D eigenvalue weighted by molar-refractivity contribution is 9.08. The minimum atomic E-state index is 0.622. The van der Waals surface area contributed by atoms with Crippen LogP contribution in [0, 0.1) is 6.92 Å². The van der Waals surface area contributed by atoms with E-state index in [1.807, 2.05) is 13.0 Å². The molecule has 0 amide bonds. The zero-order valence-electron chi connectivity index (χ0n) is 5.76. The van der Waals surface area contributed by atoms with E-state index in [1.54, 1.807) is 6.20 Å². The number of rotatable bonds is 1. The van der Waals surface area contributed by atoms with Crippen molar-refractivity contribution in [3.63, 3.8) is 0 Å². The first kappa shape index (κ1) is 7.54. The highest BCUT2D eigenvalue weighted by Gasteiger charge is 1.99. The Morgan fingerprint density at radius 2 is 2.40 bits per heavy atom. The minimum Gasteiger partial charge on any atom is -0.383 e. The Morgan fingerprint density at radius 1 is 1.70 bits per heavy atom. The lowest BCUT2D eigenvalue weighted by Gasteiger charge is -2.02. The van der Waals surface area contributed by atoms with Crippen molar-refractivity contribution in [2.45, 2.75) is 12.3 Å². The van der Waals surface area contributed by atoms with Gasteiger partial charge in [0.05, 0.1) is 0 Å². The van der Waals surface area contributed by atoms with Gasteiger partial charge in [-0.1, -0.05) is 15.9 Å². The van der Waals surface area contributed by atoms with E-state index >= 15 is 0 Å². The quantitative estimate of drug-likeness (QED) is 0.704. The Kier molecular flexibility index (Phi) is 2.27. The molecule has 0 aliphatic heterocycles. The van der Waals surface area contributed by atoms with Gasteiger partial charge < -0.3 is 5.73 Å². The summed E-state index contributed by atoms with van der Waals surface area (Å²) in [5.41, 5.74) is 7.86. The smallest absolute Gasteiger partial charge is 0.127 e. The van der Waals surface area contributed by atoms with Crippen LogP contribution >= 0.6 is 15.9 Å². The van der Waals surface area contributed by atoms with Crippen LogP contribution in [0.4, 0.5) is 5.82 Å². The molecule has 0 aliphatic rings. The summed E-state index contributed by atoms with van der Waals surface area (Å²) in [5.74, 6) is 0.622. The highest BCUT2D eigenvalue weighted by Crippen LogP contribution is 2.15. The summed E-state index contributed by atoms with van der Waals surface area (Å²) >= 11 is 3.34. The van der Waals surface area contributed by atoms with Gasteiger partial charge >= 0.3 is 0 Å². The van der Waals surface area contributed by atoms with Crippen molar-refractivity contribution in [1.82, 2.24) is 4.98 Å².